The number of carbonyl (C=O) groups excluding carboxylic acids is 1. The van der Waals surface area contributed by atoms with Crippen molar-refractivity contribution in [2.45, 2.75) is 19.8 Å². The van der Waals surface area contributed by atoms with E-state index in [2.05, 4.69) is 12.2 Å². The van der Waals surface area contributed by atoms with Gasteiger partial charge in [-0.1, -0.05) is 42.6 Å². The minimum atomic E-state index is -0.589. The molecule has 2 aromatic carbocycles. The topological polar surface area (TPSA) is 71.3 Å². The third kappa shape index (κ3) is 5.91. The van der Waals surface area contributed by atoms with Crippen LogP contribution in [0.15, 0.2) is 42.0 Å². The summed E-state index contributed by atoms with van der Waals surface area (Å²) >= 11 is 12.0. The van der Waals surface area contributed by atoms with Gasteiger partial charge >= 0.3 is 0 Å². The molecular formula is C21H20Cl2N2O3. The van der Waals surface area contributed by atoms with Gasteiger partial charge in [0.1, 0.15) is 11.6 Å². The molecule has 5 nitrogen and oxygen atoms in total. The second-order valence-corrected chi connectivity index (χ2v) is 6.70. The van der Waals surface area contributed by atoms with Gasteiger partial charge in [0.2, 0.25) is 0 Å². The molecule has 0 aromatic heterocycles. The van der Waals surface area contributed by atoms with E-state index in [1.165, 1.54) is 19.3 Å². The number of nitrogens with zero attached hydrogens (tertiary/aromatic N) is 1. The molecule has 0 unspecified atom stereocenters. The second kappa shape index (κ2) is 10.6. The van der Waals surface area contributed by atoms with Gasteiger partial charge in [-0.25, -0.2) is 0 Å². The lowest BCUT2D eigenvalue weighted by atomic mass is 10.1. The number of carbonyl (C=O) groups is 1. The molecule has 1 N–H and O–H groups in total. The van der Waals surface area contributed by atoms with Crippen LogP contribution in [0.3, 0.4) is 0 Å². The van der Waals surface area contributed by atoms with Crippen molar-refractivity contribution in [2.75, 3.05) is 19.0 Å². The molecule has 0 spiro atoms. The number of benzene rings is 2. The maximum absolute atomic E-state index is 12.4. The average molecular weight is 419 g/mol. The summed E-state index contributed by atoms with van der Waals surface area (Å²) in [5.74, 6) is 0.552. The van der Waals surface area contributed by atoms with Crippen LogP contribution < -0.4 is 14.8 Å². The van der Waals surface area contributed by atoms with E-state index in [-0.39, 0.29) is 5.57 Å². The van der Waals surface area contributed by atoms with E-state index in [4.69, 9.17) is 32.7 Å². The molecule has 28 heavy (non-hydrogen) atoms. The number of nitriles is 1. The first kappa shape index (κ1) is 21.6. The highest BCUT2D eigenvalue weighted by Gasteiger charge is 2.13. The molecule has 0 radical (unpaired) electrons. The molecule has 0 saturated carbocycles. The van der Waals surface area contributed by atoms with E-state index >= 15 is 0 Å². The van der Waals surface area contributed by atoms with Crippen LogP contribution in [0, 0.1) is 11.3 Å². The second-order valence-electron chi connectivity index (χ2n) is 5.86. The summed E-state index contributed by atoms with van der Waals surface area (Å²) < 4.78 is 11.0. The first-order chi connectivity index (χ1) is 13.5. The van der Waals surface area contributed by atoms with Gasteiger partial charge in [0, 0.05) is 5.02 Å². The van der Waals surface area contributed by atoms with Crippen molar-refractivity contribution in [3.05, 3.63) is 57.6 Å². The Kier molecular flexibility index (Phi) is 8.19. The largest absolute Gasteiger partial charge is 0.493 e. The van der Waals surface area contributed by atoms with Crippen LogP contribution in [0.5, 0.6) is 11.5 Å². The number of unbranched alkanes of at least 4 members (excludes halogenated alkanes) is 1. The molecule has 0 aliphatic carbocycles. The fourth-order valence-corrected chi connectivity index (χ4v) is 2.65. The molecule has 146 valence electrons. The van der Waals surface area contributed by atoms with Crippen molar-refractivity contribution in [1.29, 1.82) is 5.26 Å². The number of hydrogen-bond donors (Lipinski definition) is 1. The van der Waals surface area contributed by atoms with Crippen LogP contribution >= 0.6 is 23.2 Å². The first-order valence-electron chi connectivity index (χ1n) is 8.67. The predicted molar refractivity (Wildman–Crippen MR) is 112 cm³/mol. The van der Waals surface area contributed by atoms with E-state index in [0.717, 1.165) is 12.8 Å². The lowest BCUT2D eigenvalue weighted by Crippen LogP contribution is -2.13. The van der Waals surface area contributed by atoms with Gasteiger partial charge in [-0.05, 0) is 48.4 Å². The summed E-state index contributed by atoms with van der Waals surface area (Å²) in [6, 6.07) is 11.8. The lowest BCUT2D eigenvalue weighted by Gasteiger charge is -2.11. The van der Waals surface area contributed by atoms with E-state index in [9.17, 15) is 10.1 Å². The number of nitrogens with one attached hydrogen (secondary N) is 1. The molecule has 0 aliphatic rings. The summed E-state index contributed by atoms with van der Waals surface area (Å²) in [4.78, 5) is 12.4. The van der Waals surface area contributed by atoms with E-state index in [0.29, 0.717) is 39.4 Å². The number of hydrogen-bond acceptors (Lipinski definition) is 4. The third-order valence-electron chi connectivity index (χ3n) is 3.80. The van der Waals surface area contributed by atoms with Crippen LogP contribution in [0.1, 0.15) is 25.3 Å². The minimum Gasteiger partial charge on any atom is -0.493 e. The predicted octanol–water partition coefficient (Wildman–Crippen LogP) is 5.73. The zero-order chi connectivity index (χ0) is 20.5. The van der Waals surface area contributed by atoms with Gasteiger partial charge in [-0.2, -0.15) is 5.26 Å². The lowest BCUT2D eigenvalue weighted by molar-refractivity contribution is -0.112. The fourth-order valence-electron chi connectivity index (χ4n) is 2.32. The quantitative estimate of drug-likeness (QED) is 0.337. The maximum atomic E-state index is 12.4. The molecular weight excluding hydrogens is 399 g/mol. The van der Waals surface area contributed by atoms with E-state index in [1.807, 2.05) is 6.07 Å². The van der Waals surface area contributed by atoms with Gasteiger partial charge in [0.05, 0.1) is 24.4 Å². The molecule has 0 aliphatic heterocycles. The van der Waals surface area contributed by atoms with Gasteiger partial charge in [0.15, 0.2) is 11.5 Å². The summed E-state index contributed by atoms with van der Waals surface area (Å²) in [7, 11) is 1.54. The van der Waals surface area contributed by atoms with Gasteiger partial charge in [0.25, 0.3) is 5.91 Å². The Morgan fingerprint density at radius 3 is 2.68 bits per heavy atom. The number of halogens is 2. The first-order valence-corrected chi connectivity index (χ1v) is 9.43. The molecule has 0 heterocycles. The zero-order valence-corrected chi connectivity index (χ0v) is 17.1. The standard InChI is InChI=1S/C21H20Cl2N2O3/c1-3-4-9-28-19-8-5-14(11-20(19)27-2)10-15(13-24)21(26)25-18-12-16(22)6-7-17(18)23/h5-8,10-12H,3-4,9H2,1-2H3,(H,25,26). The Hall–Kier alpha value is -2.68. The highest BCUT2D eigenvalue weighted by Crippen LogP contribution is 2.30. The van der Waals surface area contributed by atoms with Crippen molar-refractivity contribution in [1.82, 2.24) is 0 Å². The number of amides is 1. The Bertz CT molecular complexity index is 920. The van der Waals surface area contributed by atoms with Crippen LogP contribution in [0.2, 0.25) is 10.0 Å². The Labute approximate surface area is 174 Å². The Morgan fingerprint density at radius 1 is 1.21 bits per heavy atom. The van der Waals surface area contributed by atoms with Crippen LogP contribution in [-0.4, -0.2) is 19.6 Å². The molecule has 7 heteroatoms. The zero-order valence-electron chi connectivity index (χ0n) is 15.6. The summed E-state index contributed by atoms with van der Waals surface area (Å²) in [6.07, 6.45) is 3.43. The van der Waals surface area contributed by atoms with Gasteiger partial charge < -0.3 is 14.8 Å². The van der Waals surface area contributed by atoms with Crippen molar-refractivity contribution in [3.8, 4) is 17.6 Å². The SMILES string of the molecule is CCCCOc1ccc(C=C(C#N)C(=O)Nc2cc(Cl)ccc2Cl)cc1OC. The molecule has 2 rings (SSSR count). The summed E-state index contributed by atoms with van der Waals surface area (Å²) in [5, 5.41) is 12.7. The van der Waals surface area contributed by atoms with Crippen molar-refractivity contribution in [2.24, 2.45) is 0 Å². The van der Waals surface area contributed by atoms with Crippen LogP contribution in [-0.2, 0) is 4.79 Å². The summed E-state index contributed by atoms with van der Waals surface area (Å²) in [6.45, 7) is 2.67. The van der Waals surface area contributed by atoms with Crippen LogP contribution in [0.25, 0.3) is 6.08 Å². The van der Waals surface area contributed by atoms with Crippen LogP contribution in [0.4, 0.5) is 5.69 Å². The van der Waals surface area contributed by atoms with Crippen molar-refractivity contribution in [3.63, 3.8) is 0 Å². The highest BCUT2D eigenvalue weighted by atomic mass is 35.5. The Balaban J connectivity index is 2.22. The highest BCUT2D eigenvalue weighted by molar-refractivity contribution is 6.36. The Morgan fingerprint density at radius 2 is 2.00 bits per heavy atom. The normalized spacial score (nSPS) is 10.9. The summed E-state index contributed by atoms with van der Waals surface area (Å²) in [5.41, 5.74) is 0.874. The van der Waals surface area contributed by atoms with E-state index in [1.54, 1.807) is 30.3 Å². The molecule has 1 amide bonds. The minimum absolute atomic E-state index is 0.0854. The fraction of sp³-hybridized carbons (Fsp3) is 0.238. The molecule has 0 fully saturated rings. The molecule has 0 saturated heterocycles. The molecule has 2 aromatic rings. The van der Waals surface area contributed by atoms with E-state index < -0.39 is 5.91 Å². The maximum Gasteiger partial charge on any atom is 0.266 e. The smallest absolute Gasteiger partial charge is 0.266 e. The third-order valence-corrected chi connectivity index (χ3v) is 4.36. The van der Waals surface area contributed by atoms with Gasteiger partial charge in [-0.15, -0.1) is 0 Å². The number of rotatable bonds is 8. The monoisotopic (exact) mass is 418 g/mol. The average Bonchev–Trinajstić information content (AvgIpc) is 2.69. The number of ether oxygens (including phenoxy) is 2. The molecule has 0 atom stereocenters. The molecule has 0 bridgehead atoms. The number of anilines is 1. The van der Waals surface area contributed by atoms with Crippen molar-refractivity contribution < 1.29 is 14.3 Å². The number of methoxy groups -OCH3 is 1. The van der Waals surface area contributed by atoms with Gasteiger partial charge in [-0.3, -0.25) is 4.79 Å². The van der Waals surface area contributed by atoms with Crippen molar-refractivity contribution >= 4 is 40.9 Å².